The highest BCUT2D eigenvalue weighted by atomic mass is 35.5. The second-order valence-electron chi connectivity index (χ2n) is 3.37. The van der Waals surface area contributed by atoms with Gasteiger partial charge in [-0.3, -0.25) is 0 Å². The molecule has 0 fully saturated rings. The summed E-state index contributed by atoms with van der Waals surface area (Å²) >= 11 is 5.91. The van der Waals surface area contributed by atoms with Crippen LogP contribution < -0.4 is 0 Å². The summed E-state index contributed by atoms with van der Waals surface area (Å²) in [6, 6.07) is 4.18. The molecule has 0 saturated carbocycles. The molecule has 2 nitrogen and oxygen atoms in total. The van der Waals surface area contributed by atoms with Crippen LogP contribution in [0.2, 0.25) is 5.28 Å². The number of hydrogen-bond donors (Lipinski definition) is 0. The molecule has 1 aromatic carbocycles. The average molecular weight is 195 g/mol. The fourth-order valence-corrected chi connectivity index (χ4v) is 1.60. The van der Waals surface area contributed by atoms with Crippen molar-refractivity contribution in [2.75, 3.05) is 0 Å². The van der Waals surface area contributed by atoms with Crippen LogP contribution >= 0.6 is 11.6 Å². The Morgan fingerprint density at radius 3 is 2.54 bits per heavy atom. The first-order chi connectivity index (χ1) is 6.09. The minimum Gasteiger partial charge on any atom is -0.318 e. The van der Waals surface area contributed by atoms with E-state index in [1.165, 1.54) is 11.1 Å². The van der Waals surface area contributed by atoms with E-state index >= 15 is 0 Å². The monoisotopic (exact) mass is 194 g/mol. The minimum atomic E-state index is 0.542. The first kappa shape index (κ1) is 8.57. The Morgan fingerprint density at radius 1 is 1.23 bits per heavy atom. The molecule has 68 valence electrons. The summed E-state index contributed by atoms with van der Waals surface area (Å²) in [6.45, 7) is 4.17. The summed E-state index contributed by atoms with van der Waals surface area (Å²) in [5, 5.41) is 0.542. The molecule has 2 aromatic rings. The van der Waals surface area contributed by atoms with Gasteiger partial charge in [-0.25, -0.2) is 4.98 Å². The maximum atomic E-state index is 5.91. The molecule has 13 heavy (non-hydrogen) atoms. The van der Waals surface area contributed by atoms with Crippen LogP contribution in [0.3, 0.4) is 0 Å². The van der Waals surface area contributed by atoms with Gasteiger partial charge in [0.2, 0.25) is 5.28 Å². The van der Waals surface area contributed by atoms with E-state index < -0.39 is 0 Å². The van der Waals surface area contributed by atoms with Gasteiger partial charge in [-0.2, -0.15) is 0 Å². The van der Waals surface area contributed by atoms with E-state index in [0.29, 0.717) is 5.28 Å². The molecule has 0 atom stereocenters. The van der Waals surface area contributed by atoms with E-state index in [9.17, 15) is 0 Å². The molecule has 1 aromatic heterocycles. The molecular formula is C10H11ClN2. The van der Waals surface area contributed by atoms with Crippen LogP contribution in [0, 0.1) is 13.8 Å². The minimum absolute atomic E-state index is 0.542. The van der Waals surface area contributed by atoms with Gasteiger partial charge in [0.1, 0.15) is 0 Å². The molecule has 0 spiro atoms. The van der Waals surface area contributed by atoms with Crippen molar-refractivity contribution in [2.24, 2.45) is 7.05 Å². The maximum Gasteiger partial charge on any atom is 0.203 e. The van der Waals surface area contributed by atoms with Gasteiger partial charge in [-0.1, -0.05) is 0 Å². The molecule has 1 heterocycles. The van der Waals surface area contributed by atoms with Crippen molar-refractivity contribution < 1.29 is 0 Å². The quantitative estimate of drug-likeness (QED) is 0.631. The zero-order valence-corrected chi connectivity index (χ0v) is 8.68. The van der Waals surface area contributed by atoms with Crippen molar-refractivity contribution in [1.29, 1.82) is 0 Å². The SMILES string of the molecule is Cc1cc2nc(Cl)n(C)c2cc1C. The van der Waals surface area contributed by atoms with E-state index in [2.05, 4.69) is 31.0 Å². The van der Waals surface area contributed by atoms with Crippen LogP contribution in [0.15, 0.2) is 12.1 Å². The van der Waals surface area contributed by atoms with Gasteiger partial charge >= 0.3 is 0 Å². The molecule has 0 saturated heterocycles. The summed E-state index contributed by atoms with van der Waals surface area (Å²) in [7, 11) is 1.92. The fraction of sp³-hybridized carbons (Fsp3) is 0.300. The highest BCUT2D eigenvalue weighted by Gasteiger charge is 2.06. The van der Waals surface area contributed by atoms with Crippen molar-refractivity contribution >= 4 is 22.6 Å². The molecule has 2 rings (SSSR count). The molecule has 0 N–H and O–H groups in total. The predicted molar refractivity (Wildman–Crippen MR) is 55.2 cm³/mol. The topological polar surface area (TPSA) is 17.8 Å². The third-order valence-electron chi connectivity index (χ3n) is 2.44. The van der Waals surface area contributed by atoms with Gasteiger partial charge in [0, 0.05) is 7.05 Å². The van der Waals surface area contributed by atoms with Crippen LogP contribution in [0.1, 0.15) is 11.1 Å². The second kappa shape index (κ2) is 2.74. The van der Waals surface area contributed by atoms with E-state index in [1.54, 1.807) is 0 Å². The normalized spacial score (nSPS) is 11.1. The van der Waals surface area contributed by atoms with Crippen molar-refractivity contribution in [3.05, 3.63) is 28.5 Å². The number of imidazole rings is 1. The second-order valence-corrected chi connectivity index (χ2v) is 3.70. The molecule has 0 unspecified atom stereocenters. The molecule has 0 aliphatic heterocycles. The summed E-state index contributed by atoms with van der Waals surface area (Å²) in [4.78, 5) is 4.24. The van der Waals surface area contributed by atoms with Gasteiger partial charge in [0.15, 0.2) is 0 Å². The molecule has 0 radical (unpaired) electrons. The number of hydrogen-bond acceptors (Lipinski definition) is 1. The molecular weight excluding hydrogens is 184 g/mol. The molecule has 0 aliphatic carbocycles. The summed E-state index contributed by atoms with van der Waals surface area (Å²) < 4.78 is 1.89. The Hall–Kier alpha value is -1.02. The smallest absolute Gasteiger partial charge is 0.203 e. The Kier molecular flexibility index (Phi) is 1.81. The third-order valence-corrected chi connectivity index (χ3v) is 2.78. The van der Waals surface area contributed by atoms with Crippen molar-refractivity contribution in [3.63, 3.8) is 0 Å². The van der Waals surface area contributed by atoms with Gasteiger partial charge in [0.25, 0.3) is 0 Å². The molecule has 0 bridgehead atoms. The van der Waals surface area contributed by atoms with E-state index in [4.69, 9.17) is 11.6 Å². The molecule has 0 aliphatic rings. The lowest BCUT2D eigenvalue weighted by Crippen LogP contribution is -1.88. The standard InChI is InChI=1S/C10H11ClN2/c1-6-4-8-9(5-7(6)2)13(3)10(11)12-8/h4-5H,1-3H3. The Morgan fingerprint density at radius 2 is 1.85 bits per heavy atom. The zero-order chi connectivity index (χ0) is 9.59. The Balaban J connectivity index is 2.89. The number of fused-ring (bicyclic) bond motifs is 1. The number of aryl methyl sites for hydroxylation is 3. The van der Waals surface area contributed by atoms with Crippen molar-refractivity contribution in [2.45, 2.75) is 13.8 Å². The third kappa shape index (κ3) is 1.22. The lowest BCUT2D eigenvalue weighted by atomic mass is 10.1. The van der Waals surface area contributed by atoms with Crippen LogP contribution in [-0.2, 0) is 7.05 Å². The highest BCUT2D eigenvalue weighted by molar-refractivity contribution is 6.29. The number of benzene rings is 1. The first-order valence-electron chi connectivity index (χ1n) is 4.19. The predicted octanol–water partition coefficient (Wildman–Crippen LogP) is 2.84. The van der Waals surface area contributed by atoms with E-state index in [0.717, 1.165) is 11.0 Å². The lowest BCUT2D eigenvalue weighted by Gasteiger charge is -2.00. The number of nitrogens with zero attached hydrogens (tertiary/aromatic N) is 2. The summed E-state index contributed by atoms with van der Waals surface area (Å²) in [5.74, 6) is 0. The van der Waals surface area contributed by atoms with Gasteiger partial charge < -0.3 is 4.57 Å². The summed E-state index contributed by atoms with van der Waals surface area (Å²) in [6.07, 6.45) is 0. The Bertz CT molecular complexity index is 471. The van der Waals surface area contributed by atoms with Crippen molar-refractivity contribution in [1.82, 2.24) is 9.55 Å². The summed E-state index contributed by atoms with van der Waals surface area (Å²) in [5.41, 5.74) is 4.58. The molecule has 0 amide bonds. The zero-order valence-electron chi connectivity index (χ0n) is 7.93. The fourth-order valence-electron chi connectivity index (χ4n) is 1.42. The van der Waals surface area contributed by atoms with E-state index in [-0.39, 0.29) is 0 Å². The van der Waals surface area contributed by atoms with Crippen molar-refractivity contribution in [3.8, 4) is 0 Å². The Labute approximate surface area is 82.1 Å². The van der Waals surface area contributed by atoms with Gasteiger partial charge in [0.05, 0.1) is 11.0 Å². The van der Waals surface area contributed by atoms with E-state index in [1.807, 2.05) is 11.6 Å². The highest BCUT2D eigenvalue weighted by Crippen LogP contribution is 2.21. The largest absolute Gasteiger partial charge is 0.318 e. The number of rotatable bonds is 0. The molecule has 3 heteroatoms. The van der Waals surface area contributed by atoms with Crippen LogP contribution in [0.5, 0.6) is 0 Å². The van der Waals surface area contributed by atoms with Crippen LogP contribution in [-0.4, -0.2) is 9.55 Å². The van der Waals surface area contributed by atoms with Gasteiger partial charge in [-0.05, 0) is 48.7 Å². The van der Waals surface area contributed by atoms with Crippen LogP contribution in [0.4, 0.5) is 0 Å². The number of aromatic nitrogens is 2. The number of halogens is 1. The average Bonchev–Trinajstić information content (AvgIpc) is 2.32. The van der Waals surface area contributed by atoms with Crippen LogP contribution in [0.25, 0.3) is 11.0 Å². The lowest BCUT2D eigenvalue weighted by molar-refractivity contribution is 0.948. The van der Waals surface area contributed by atoms with Gasteiger partial charge in [-0.15, -0.1) is 0 Å². The first-order valence-corrected chi connectivity index (χ1v) is 4.56. The maximum absolute atomic E-state index is 5.91.